The molecule has 2 aromatic rings. The van der Waals surface area contributed by atoms with Crippen LogP contribution in [0.3, 0.4) is 0 Å². The van der Waals surface area contributed by atoms with E-state index in [0.717, 1.165) is 10.7 Å². The van der Waals surface area contributed by atoms with Gasteiger partial charge in [-0.3, -0.25) is 9.59 Å². The van der Waals surface area contributed by atoms with Gasteiger partial charge < -0.3 is 5.32 Å². The van der Waals surface area contributed by atoms with Gasteiger partial charge in [-0.25, -0.2) is 13.1 Å². The predicted molar refractivity (Wildman–Crippen MR) is 104 cm³/mol. The number of benzene rings is 2. The molecule has 0 fully saturated rings. The maximum Gasteiger partial charge on any atom is 0.252 e. The third-order valence-corrected chi connectivity index (χ3v) is 4.78. The van der Waals surface area contributed by atoms with Crippen LogP contribution in [-0.2, 0) is 10.0 Å². The van der Waals surface area contributed by atoms with Crippen LogP contribution in [0.15, 0.2) is 53.0 Å². The van der Waals surface area contributed by atoms with Crippen molar-refractivity contribution in [2.75, 3.05) is 19.3 Å². The van der Waals surface area contributed by atoms with E-state index in [2.05, 4.69) is 26.0 Å². The van der Waals surface area contributed by atoms with Crippen molar-refractivity contribution in [3.8, 4) is 0 Å². The molecule has 0 radical (unpaired) electrons. The average molecular weight is 439 g/mol. The van der Waals surface area contributed by atoms with E-state index < -0.39 is 10.0 Å². The molecule has 138 valence electrons. The van der Waals surface area contributed by atoms with Gasteiger partial charge in [0.1, 0.15) is 0 Å². The Bertz CT molecular complexity index is 896. The minimum atomic E-state index is -3.24. The van der Waals surface area contributed by atoms with Gasteiger partial charge in [0, 0.05) is 28.7 Å². The Hall–Kier alpha value is -2.03. The molecule has 2 aromatic carbocycles. The molecule has 0 heterocycles. The third kappa shape index (κ3) is 6.05. The molecule has 0 atom stereocenters. The van der Waals surface area contributed by atoms with Crippen LogP contribution in [0.2, 0.25) is 0 Å². The van der Waals surface area contributed by atoms with E-state index in [1.807, 2.05) is 0 Å². The SMILES string of the molecule is CS(=O)(=O)NCCCNC(=O)c1ccccc1C(=O)c1ccc(Br)cc1. The number of nitrogens with one attached hydrogen (secondary N) is 2. The molecule has 0 saturated heterocycles. The monoisotopic (exact) mass is 438 g/mol. The van der Waals surface area contributed by atoms with Crippen LogP contribution in [0.1, 0.15) is 32.7 Å². The largest absolute Gasteiger partial charge is 0.352 e. The zero-order chi connectivity index (χ0) is 19.2. The van der Waals surface area contributed by atoms with Crippen molar-refractivity contribution >= 4 is 37.6 Å². The highest BCUT2D eigenvalue weighted by Crippen LogP contribution is 2.17. The maximum atomic E-state index is 12.7. The molecule has 2 N–H and O–H groups in total. The van der Waals surface area contributed by atoms with Crippen LogP contribution in [0.4, 0.5) is 0 Å². The van der Waals surface area contributed by atoms with Crippen molar-refractivity contribution in [1.82, 2.24) is 10.0 Å². The van der Waals surface area contributed by atoms with Gasteiger partial charge in [-0.15, -0.1) is 0 Å². The second-order valence-electron chi connectivity index (χ2n) is 5.66. The molecule has 0 unspecified atom stereocenters. The summed E-state index contributed by atoms with van der Waals surface area (Å²) in [5, 5.41) is 2.71. The molecule has 0 aliphatic rings. The first-order valence-corrected chi connectivity index (χ1v) is 10.6. The van der Waals surface area contributed by atoms with Gasteiger partial charge in [0.25, 0.3) is 5.91 Å². The van der Waals surface area contributed by atoms with Crippen LogP contribution >= 0.6 is 15.9 Å². The fourth-order valence-corrected chi connectivity index (χ4v) is 3.06. The number of amides is 1. The summed E-state index contributed by atoms with van der Waals surface area (Å²) in [7, 11) is -3.24. The maximum absolute atomic E-state index is 12.7. The number of hydrogen-bond donors (Lipinski definition) is 2. The summed E-state index contributed by atoms with van der Waals surface area (Å²) in [4.78, 5) is 25.1. The van der Waals surface area contributed by atoms with Gasteiger partial charge in [0.05, 0.1) is 11.8 Å². The molecule has 26 heavy (non-hydrogen) atoms. The van der Waals surface area contributed by atoms with E-state index in [1.165, 1.54) is 0 Å². The Morgan fingerprint density at radius 1 is 0.962 bits per heavy atom. The van der Waals surface area contributed by atoms with Gasteiger partial charge in [-0.2, -0.15) is 0 Å². The Morgan fingerprint density at radius 2 is 1.58 bits per heavy atom. The summed E-state index contributed by atoms with van der Waals surface area (Å²) in [5.41, 5.74) is 1.10. The van der Waals surface area contributed by atoms with Gasteiger partial charge in [-0.1, -0.05) is 34.1 Å². The molecule has 8 heteroatoms. The summed E-state index contributed by atoms with van der Waals surface area (Å²) in [6.07, 6.45) is 1.52. The zero-order valence-corrected chi connectivity index (χ0v) is 16.6. The Morgan fingerprint density at radius 3 is 2.19 bits per heavy atom. The second-order valence-corrected chi connectivity index (χ2v) is 8.41. The number of carbonyl (C=O) groups excluding carboxylic acids is 2. The van der Waals surface area contributed by atoms with Crippen molar-refractivity contribution in [2.24, 2.45) is 0 Å². The minimum absolute atomic E-state index is 0.234. The molecule has 0 spiro atoms. The molecule has 2 rings (SSSR count). The van der Waals surface area contributed by atoms with Gasteiger partial charge >= 0.3 is 0 Å². The molecule has 0 bridgehead atoms. The first-order valence-electron chi connectivity index (χ1n) is 7.90. The molecule has 0 aromatic heterocycles. The molecule has 6 nitrogen and oxygen atoms in total. The normalized spacial score (nSPS) is 11.2. The number of rotatable bonds is 8. The topological polar surface area (TPSA) is 92.3 Å². The van der Waals surface area contributed by atoms with Crippen LogP contribution in [0.5, 0.6) is 0 Å². The Balaban J connectivity index is 2.04. The number of halogens is 1. The summed E-state index contributed by atoms with van der Waals surface area (Å²) in [5.74, 6) is -0.604. The molecular formula is C18H19BrN2O4S. The minimum Gasteiger partial charge on any atom is -0.352 e. The van der Waals surface area contributed by atoms with Gasteiger partial charge in [0.2, 0.25) is 10.0 Å². The number of ketones is 1. The smallest absolute Gasteiger partial charge is 0.252 e. The lowest BCUT2D eigenvalue weighted by Gasteiger charge is -2.10. The van der Waals surface area contributed by atoms with E-state index in [1.54, 1.807) is 48.5 Å². The number of sulfonamides is 1. The Kier molecular flexibility index (Phi) is 7.07. The van der Waals surface area contributed by atoms with Crippen LogP contribution in [0, 0.1) is 0 Å². The molecular weight excluding hydrogens is 420 g/mol. The lowest BCUT2D eigenvalue weighted by Crippen LogP contribution is -2.30. The highest BCUT2D eigenvalue weighted by Gasteiger charge is 2.17. The van der Waals surface area contributed by atoms with Gasteiger partial charge in [0.15, 0.2) is 5.78 Å². The summed E-state index contributed by atoms with van der Waals surface area (Å²) in [6.45, 7) is 0.529. The lowest BCUT2D eigenvalue weighted by atomic mass is 9.98. The molecule has 0 saturated carbocycles. The zero-order valence-electron chi connectivity index (χ0n) is 14.2. The molecule has 1 amide bonds. The van der Waals surface area contributed by atoms with Crippen molar-refractivity contribution in [1.29, 1.82) is 0 Å². The van der Waals surface area contributed by atoms with Crippen molar-refractivity contribution in [3.05, 3.63) is 69.7 Å². The standard InChI is InChI=1S/C18H19BrN2O4S/c1-26(24,25)21-12-4-11-20-18(23)16-6-3-2-5-15(16)17(22)13-7-9-14(19)10-8-13/h2-3,5-10,21H,4,11-12H2,1H3,(H,20,23). The van der Waals surface area contributed by atoms with Crippen molar-refractivity contribution in [2.45, 2.75) is 6.42 Å². The van der Waals surface area contributed by atoms with Crippen molar-refractivity contribution < 1.29 is 18.0 Å². The predicted octanol–water partition coefficient (Wildman–Crippen LogP) is 2.35. The van der Waals surface area contributed by atoms with Gasteiger partial charge in [-0.05, 0) is 36.8 Å². The fraction of sp³-hybridized carbons (Fsp3) is 0.222. The average Bonchev–Trinajstić information content (AvgIpc) is 2.60. The molecule has 0 aliphatic carbocycles. The number of hydrogen-bond acceptors (Lipinski definition) is 4. The van der Waals surface area contributed by atoms with E-state index in [-0.39, 0.29) is 23.8 Å². The summed E-state index contributed by atoms with van der Waals surface area (Å²) < 4.78 is 25.2. The lowest BCUT2D eigenvalue weighted by molar-refractivity contribution is 0.0942. The third-order valence-electron chi connectivity index (χ3n) is 3.53. The van der Waals surface area contributed by atoms with E-state index in [4.69, 9.17) is 0 Å². The fourth-order valence-electron chi connectivity index (χ4n) is 2.28. The summed E-state index contributed by atoms with van der Waals surface area (Å²) in [6, 6.07) is 13.5. The van der Waals surface area contributed by atoms with Crippen LogP contribution in [0.25, 0.3) is 0 Å². The quantitative estimate of drug-likeness (QED) is 0.488. The first-order chi connectivity index (χ1) is 12.3. The Labute approximate surface area is 161 Å². The van der Waals surface area contributed by atoms with Crippen LogP contribution < -0.4 is 10.0 Å². The second kappa shape index (κ2) is 9.07. The summed E-state index contributed by atoms with van der Waals surface area (Å²) >= 11 is 3.32. The highest BCUT2D eigenvalue weighted by molar-refractivity contribution is 9.10. The highest BCUT2D eigenvalue weighted by atomic mass is 79.9. The number of carbonyl (C=O) groups is 2. The first kappa shape index (κ1) is 20.3. The van der Waals surface area contributed by atoms with E-state index in [0.29, 0.717) is 24.1 Å². The van der Waals surface area contributed by atoms with E-state index in [9.17, 15) is 18.0 Å². The molecule has 0 aliphatic heterocycles. The van der Waals surface area contributed by atoms with Crippen molar-refractivity contribution in [3.63, 3.8) is 0 Å². The van der Waals surface area contributed by atoms with E-state index >= 15 is 0 Å². The van der Waals surface area contributed by atoms with Crippen LogP contribution in [-0.4, -0.2) is 39.5 Å².